The Bertz CT molecular complexity index is 617. The van der Waals surface area contributed by atoms with Gasteiger partial charge in [-0.2, -0.15) is 0 Å². The largest absolute Gasteiger partial charge is 0.465 e. The lowest BCUT2D eigenvalue weighted by Gasteiger charge is -2.23. The highest BCUT2D eigenvalue weighted by molar-refractivity contribution is 7.89. The van der Waals surface area contributed by atoms with Crippen LogP contribution in [0.15, 0.2) is 29.2 Å². The monoisotopic (exact) mass is 313 g/mol. The van der Waals surface area contributed by atoms with Crippen LogP contribution in [0.5, 0.6) is 0 Å². The van der Waals surface area contributed by atoms with Gasteiger partial charge in [0.2, 0.25) is 10.0 Å². The Morgan fingerprint density at radius 1 is 1.38 bits per heavy atom. The van der Waals surface area contributed by atoms with E-state index in [1.54, 1.807) is 6.92 Å². The van der Waals surface area contributed by atoms with Crippen molar-refractivity contribution in [2.24, 2.45) is 5.92 Å². The number of ether oxygens (including phenoxy) is 1. The highest BCUT2D eigenvalue weighted by Gasteiger charge is 2.40. The van der Waals surface area contributed by atoms with Crippen molar-refractivity contribution in [1.82, 2.24) is 4.72 Å². The number of hydrogen-bond donors (Lipinski definition) is 2. The third kappa shape index (κ3) is 3.81. The second-order valence-electron chi connectivity index (χ2n) is 5.47. The molecule has 21 heavy (non-hydrogen) atoms. The van der Waals surface area contributed by atoms with Gasteiger partial charge < -0.3 is 9.84 Å². The second kappa shape index (κ2) is 5.75. The van der Waals surface area contributed by atoms with Gasteiger partial charge in [-0.3, -0.25) is 0 Å². The van der Waals surface area contributed by atoms with Crippen LogP contribution in [0.1, 0.15) is 30.1 Å². The van der Waals surface area contributed by atoms with Crippen molar-refractivity contribution in [3.05, 3.63) is 29.8 Å². The molecule has 2 N–H and O–H groups in total. The number of nitrogens with one attached hydrogen (secondary N) is 1. The number of rotatable bonds is 6. The summed E-state index contributed by atoms with van der Waals surface area (Å²) in [5, 5.41) is 10.1. The Labute approximate surface area is 124 Å². The fourth-order valence-electron chi connectivity index (χ4n) is 2.06. The van der Waals surface area contributed by atoms with Gasteiger partial charge in [-0.1, -0.05) is 0 Å². The standard InChI is InChI=1S/C14H19NO5S/c1-14(17,11-5-6-11)9-15-21(18,19)12-7-3-10(4-8-12)13(16)20-2/h3-4,7-8,11,15,17H,5-6,9H2,1-2H3/t14-/m1/s1. The number of aliphatic hydroxyl groups is 1. The van der Waals surface area contributed by atoms with Gasteiger partial charge in [-0.25, -0.2) is 17.9 Å². The minimum atomic E-state index is -3.71. The first kappa shape index (κ1) is 15.9. The summed E-state index contributed by atoms with van der Waals surface area (Å²) in [7, 11) is -2.45. The van der Waals surface area contributed by atoms with Gasteiger partial charge in [0.1, 0.15) is 0 Å². The molecule has 116 valence electrons. The zero-order valence-electron chi connectivity index (χ0n) is 12.0. The lowest BCUT2D eigenvalue weighted by Crippen LogP contribution is -2.42. The molecule has 0 unspecified atom stereocenters. The summed E-state index contributed by atoms with van der Waals surface area (Å²) in [4.78, 5) is 11.3. The molecule has 1 aromatic rings. The molecular formula is C14H19NO5S. The van der Waals surface area contributed by atoms with E-state index >= 15 is 0 Å². The first-order chi connectivity index (χ1) is 9.76. The van der Waals surface area contributed by atoms with E-state index in [1.807, 2.05) is 0 Å². The summed E-state index contributed by atoms with van der Waals surface area (Å²) in [6.45, 7) is 1.60. The molecule has 1 aromatic carbocycles. The van der Waals surface area contributed by atoms with E-state index in [-0.39, 0.29) is 22.9 Å². The smallest absolute Gasteiger partial charge is 0.337 e. The number of carbonyl (C=O) groups excluding carboxylic acids is 1. The molecule has 0 heterocycles. The Morgan fingerprint density at radius 2 is 1.95 bits per heavy atom. The summed E-state index contributed by atoms with van der Waals surface area (Å²) in [5.74, 6) is -0.370. The molecule has 1 fully saturated rings. The van der Waals surface area contributed by atoms with Crippen LogP contribution < -0.4 is 4.72 Å². The van der Waals surface area contributed by atoms with Gasteiger partial charge in [0.25, 0.3) is 0 Å². The van der Waals surface area contributed by atoms with Gasteiger partial charge in [-0.05, 0) is 49.9 Å². The zero-order valence-corrected chi connectivity index (χ0v) is 12.8. The predicted molar refractivity (Wildman–Crippen MR) is 76.3 cm³/mol. The first-order valence-electron chi connectivity index (χ1n) is 6.67. The molecule has 6 nitrogen and oxygen atoms in total. The first-order valence-corrected chi connectivity index (χ1v) is 8.15. The molecule has 0 saturated heterocycles. The molecule has 0 radical (unpaired) electrons. The average molecular weight is 313 g/mol. The highest BCUT2D eigenvalue weighted by atomic mass is 32.2. The van der Waals surface area contributed by atoms with Crippen LogP contribution in [0.4, 0.5) is 0 Å². The molecule has 1 aliphatic carbocycles. The number of methoxy groups -OCH3 is 1. The highest BCUT2D eigenvalue weighted by Crippen LogP contribution is 2.39. The Morgan fingerprint density at radius 3 is 2.43 bits per heavy atom. The van der Waals surface area contributed by atoms with Crippen LogP contribution in [0, 0.1) is 5.92 Å². The van der Waals surface area contributed by atoms with E-state index in [9.17, 15) is 18.3 Å². The number of sulfonamides is 1. The minimum absolute atomic E-state index is 0.0290. The normalized spacial score (nSPS) is 18.0. The van der Waals surface area contributed by atoms with Crippen molar-refractivity contribution in [3.8, 4) is 0 Å². The third-order valence-corrected chi connectivity index (χ3v) is 5.08. The van der Waals surface area contributed by atoms with Gasteiger partial charge in [0, 0.05) is 6.54 Å². The minimum Gasteiger partial charge on any atom is -0.465 e. The fourth-order valence-corrected chi connectivity index (χ4v) is 3.21. The molecule has 1 aliphatic rings. The van der Waals surface area contributed by atoms with Crippen LogP contribution in [0.25, 0.3) is 0 Å². The maximum atomic E-state index is 12.1. The van der Waals surface area contributed by atoms with Gasteiger partial charge in [0.05, 0.1) is 23.2 Å². The molecule has 0 aliphatic heterocycles. The molecule has 0 bridgehead atoms. The van der Waals surface area contributed by atoms with Crippen molar-refractivity contribution >= 4 is 16.0 Å². The average Bonchev–Trinajstić information content (AvgIpc) is 3.30. The Balaban J connectivity index is 2.07. The van der Waals surface area contributed by atoms with Crippen molar-refractivity contribution in [2.75, 3.05) is 13.7 Å². The number of esters is 1. The van der Waals surface area contributed by atoms with E-state index in [1.165, 1.54) is 31.4 Å². The fraction of sp³-hybridized carbons (Fsp3) is 0.500. The van der Waals surface area contributed by atoms with Gasteiger partial charge in [0.15, 0.2) is 0 Å². The van der Waals surface area contributed by atoms with E-state index < -0.39 is 21.6 Å². The molecule has 0 aromatic heterocycles. The van der Waals surface area contributed by atoms with Gasteiger partial charge >= 0.3 is 5.97 Å². The summed E-state index contributed by atoms with van der Waals surface area (Å²) in [6.07, 6.45) is 1.84. The van der Waals surface area contributed by atoms with Crippen LogP contribution in [0.3, 0.4) is 0 Å². The number of carbonyl (C=O) groups is 1. The molecular weight excluding hydrogens is 294 g/mol. The number of hydrogen-bond acceptors (Lipinski definition) is 5. The van der Waals surface area contributed by atoms with E-state index in [0.717, 1.165) is 12.8 Å². The maximum Gasteiger partial charge on any atom is 0.337 e. The van der Waals surface area contributed by atoms with Crippen LogP contribution >= 0.6 is 0 Å². The van der Waals surface area contributed by atoms with Crippen molar-refractivity contribution in [2.45, 2.75) is 30.3 Å². The Hall–Kier alpha value is -1.44. The molecule has 2 rings (SSSR count). The molecule has 1 saturated carbocycles. The lowest BCUT2D eigenvalue weighted by molar-refractivity contribution is 0.0422. The topological polar surface area (TPSA) is 92.7 Å². The predicted octanol–water partition coefficient (Wildman–Crippen LogP) is 0.912. The van der Waals surface area contributed by atoms with Crippen molar-refractivity contribution in [3.63, 3.8) is 0 Å². The van der Waals surface area contributed by atoms with Crippen LogP contribution in [-0.4, -0.2) is 38.7 Å². The maximum absolute atomic E-state index is 12.1. The SMILES string of the molecule is COC(=O)c1ccc(S(=O)(=O)NC[C@@](C)(O)C2CC2)cc1. The summed E-state index contributed by atoms with van der Waals surface area (Å²) < 4.78 is 31.2. The quantitative estimate of drug-likeness (QED) is 0.762. The van der Waals surface area contributed by atoms with E-state index in [2.05, 4.69) is 9.46 Å². The van der Waals surface area contributed by atoms with E-state index in [0.29, 0.717) is 0 Å². The number of benzene rings is 1. The van der Waals surface area contributed by atoms with Crippen molar-refractivity contribution in [1.29, 1.82) is 0 Å². The molecule has 1 atom stereocenters. The molecule has 0 spiro atoms. The van der Waals surface area contributed by atoms with Crippen molar-refractivity contribution < 1.29 is 23.1 Å². The summed E-state index contributed by atoms with van der Waals surface area (Å²) in [5.41, 5.74) is -0.750. The molecule has 0 amide bonds. The van der Waals surface area contributed by atoms with Gasteiger partial charge in [-0.15, -0.1) is 0 Å². The van der Waals surface area contributed by atoms with Crippen LogP contribution in [-0.2, 0) is 14.8 Å². The third-order valence-electron chi connectivity index (χ3n) is 3.66. The zero-order chi connectivity index (χ0) is 15.7. The summed E-state index contributed by atoms with van der Waals surface area (Å²) in [6, 6.07) is 5.44. The summed E-state index contributed by atoms with van der Waals surface area (Å²) >= 11 is 0. The van der Waals surface area contributed by atoms with Crippen LogP contribution in [0.2, 0.25) is 0 Å². The van der Waals surface area contributed by atoms with E-state index in [4.69, 9.17) is 0 Å². The lowest BCUT2D eigenvalue weighted by atomic mass is 10.0. The second-order valence-corrected chi connectivity index (χ2v) is 7.24. The Kier molecular flexibility index (Phi) is 4.36. The molecule has 7 heteroatoms.